The zero-order chi connectivity index (χ0) is 18.4. The maximum atomic E-state index is 11.8. The minimum Gasteiger partial charge on any atom is -0.504 e. The molecule has 0 bridgehead atoms. The Bertz CT molecular complexity index is 806. The summed E-state index contributed by atoms with van der Waals surface area (Å²) < 4.78 is 10.5. The predicted molar refractivity (Wildman–Crippen MR) is 96.8 cm³/mol. The SMILES string of the molecule is COc1cc(Cl)cc(C=NNC(=O)COc2cc(C)ccc2C)c1O. The van der Waals surface area contributed by atoms with Gasteiger partial charge in [0.2, 0.25) is 0 Å². The predicted octanol–water partition coefficient (Wildman–Crippen LogP) is 3.20. The normalized spacial score (nSPS) is 10.7. The lowest BCUT2D eigenvalue weighted by molar-refractivity contribution is -0.123. The molecule has 0 aromatic heterocycles. The molecule has 0 aliphatic heterocycles. The molecule has 6 nitrogen and oxygen atoms in total. The zero-order valence-electron chi connectivity index (χ0n) is 14.2. The van der Waals surface area contributed by atoms with Crippen molar-refractivity contribution < 1.29 is 19.4 Å². The van der Waals surface area contributed by atoms with Crippen molar-refractivity contribution in [3.8, 4) is 17.2 Å². The largest absolute Gasteiger partial charge is 0.504 e. The molecule has 2 rings (SSSR count). The van der Waals surface area contributed by atoms with Crippen LogP contribution in [0.5, 0.6) is 17.2 Å². The monoisotopic (exact) mass is 362 g/mol. The standard InChI is InChI=1S/C18H19ClN2O4/c1-11-4-5-12(2)15(6-11)25-10-17(22)21-20-9-13-7-14(19)8-16(24-3)18(13)23/h4-9,23H,10H2,1-3H3,(H,21,22). The van der Waals surface area contributed by atoms with Gasteiger partial charge in [-0.05, 0) is 37.1 Å². The first-order valence-electron chi connectivity index (χ1n) is 7.49. The van der Waals surface area contributed by atoms with Crippen LogP contribution >= 0.6 is 11.6 Å². The van der Waals surface area contributed by atoms with E-state index >= 15 is 0 Å². The third-order valence-electron chi connectivity index (χ3n) is 3.38. The summed E-state index contributed by atoms with van der Waals surface area (Å²) in [5, 5.41) is 14.1. The number of phenols is 1. The quantitative estimate of drug-likeness (QED) is 0.611. The average molecular weight is 363 g/mol. The van der Waals surface area contributed by atoms with Crippen molar-refractivity contribution in [2.45, 2.75) is 13.8 Å². The van der Waals surface area contributed by atoms with Crippen LogP contribution in [0.2, 0.25) is 5.02 Å². The van der Waals surface area contributed by atoms with Gasteiger partial charge in [-0.3, -0.25) is 4.79 Å². The van der Waals surface area contributed by atoms with Crippen LogP contribution in [0.1, 0.15) is 16.7 Å². The second-order valence-corrected chi connectivity index (χ2v) is 5.83. The number of hydrazone groups is 1. The number of aryl methyl sites for hydroxylation is 2. The van der Waals surface area contributed by atoms with Crippen LogP contribution < -0.4 is 14.9 Å². The number of ether oxygens (including phenoxy) is 2. The number of halogens is 1. The molecule has 0 radical (unpaired) electrons. The number of hydrogen-bond donors (Lipinski definition) is 2. The maximum absolute atomic E-state index is 11.8. The van der Waals surface area contributed by atoms with Crippen LogP contribution in [0, 0.1) is 13.8 Å². The lowest BCUT2D eigenvalue weighted by atomic mass is 10.1. The Morgan fingerprint density at radius 2 is 2.04 bits per heavy atom. The van der Waals surface area contributed by atoms with Crippen LogP contribution in [-0.2, 0) is 4.79 Å². The molecule has 0 saturated carbocycles. The van der Waals surface area contributed by atoms with Crippen molar-refractivity contribution in [2.75, 3.05) is 13.7 Å². The molecule has 0 aliphatic carbocycles. The van der Waals surface area contributed by atoms with E-state index < -0.39 is 5.91 Å². The second-order valence-electron chi connectivity index (χ2n) is 5.40. The van der Waals surface area contributed by atoms with Gasteiger partial charge in [-0.1, -0.05) is 23.7 Å². The van der Waals surface area contributed by atoms with Gasteiger partial charge >= 0.3 is 0 Å². The van der Waals surface area contributed by atoms with E-state index in [1.165, 1.54) is 25.5 Å². The van der Waals surface area contributed by atoms with Gasteiger partial charge in [0, 0.05) is 16.7 Å². The number of benzene rings is 2. The molecule has 0 aliphatic rings. The van der Waals surface area contributed by atoms with Gasteiger partial charge < -0.3 is 14.6 Å². The van der Waals surface area contributed by atoms with Gasteiger partial charge in [0.05, 0.1) is 13.3 Å². The summed E-state index contributed by atoms with van der Waals surface area (Å²) in [6.45, 7) is 3.68. The third kappa shape index (κ3) is 5.12. The van der Waals surface area contributed by atoms with Crippen LogP contribution in [0.4, 0.5) is 0 Å². The highest BCUT2D eigenvalue weighted by Crippen LogP contribution is 2.32. The van der Waals surface area contributed by atoms with E-state index in [0.717, 1.165) is 11.1 Å². The Kier molecular flexibility index (Phi) is 6.25. The van der Waals surface area contributed by atoms with Crippen molar-refractivity contribution in [1.82, 2.24) is 5.43 Å². The number of nitrogens with zero attached hydrogens (tertiary/aromatic N) is 1. The number of hydrogen-bond acceptors (Lipinski definition) is 5. The minimum absolute atomic E-state index is 0.114. The average Bonchev–Trinajstić information content (AvgIpc) is 2.58. The molecule has 7 heteroatoms. The van der Waals surface area contributed by atoms with Crippen LogP contribution in [0.15, 0.2) is 35.4 Å². The summed E-state index contributed by atoms with van der Waals surface area (Å²) in [4.78, 5) is 11.8. The smallest absolute Gasteiger partial charge is 0.277 e. The second kappa shape index (κ2) is 8.39. The van der Waals surface area contributed by atoms with Crippen LogP contribution in [-0.4, -0.2) is 30.9 Å². The molecule has 132 valence electrons. The summed E-state index contributed by atoms with van der Waals surface area (Å²) in [6, 6.07) is 8.74. The van der Waals surface area contributed by atoms with E-state index in [1.54, 1.807) is 0 Å². The summed E-state index contributed by atoms with van der Waals surface area (Å²) in [6.07, 6.45) is 1.28. The third-order valence-corrected chi connectivity index (χ3v) is 3.60. The fourth-order valence-electron chi connectivity index (χ4n) is 2.06. The molecule has 1 amide bonds. The minimum atomic E-state index is -0.425. The topological polar surface area (TPSA) is 80.2 Å². The highest BCUT2D eigenvalue weighted by atomic mass is 35.5. The van der Waals surface area contributed by atoms with Crippen molar-refractivity contribution in [3.05, 3.63) is 52.0 Å². The summed E-state index contributed by atoms with van der Waals surface area (Å²) in [5.74, 6) is 0.331. The van der Waals surface area contributed by atoms with Gasteiger partial charge in [0.15, 0.2) is 18.1 Å². The fraction of sp³-hybridized carbons (Fsp3) is 0.222. The van der Waals surface area contributed by atoms with Gasteiger partial charge in [0.25, 0.3) is 5.91 Å². The molecule has 0 atom stereocenters. The molecule has 0 heterocycles. The number of carbonyl (C=O) groups excluding carboxylic acids is 1. The van der Waals surface area contributed by atoms with E-state index in [2.05, 4.69) is 10.5 Å². The first-order valence-corrected chi connectivity index (χ1v) is 7.87. The highest BCUT2D eigenvalue weighted by molar-refractivity contribution is 6.31. The van der Waals surface area contributed by atoms with E-state index in [1.807, 2.05) is 32.0 Å². The molecule has 2 aromatic carbocycles. The Hall–Kier alpha value is -2.73. The van der Waals surface area contributed by atoms with E-state index in [4.69, 9.17) is 21.1 Å². The number of aromatic hydroxyl groups is 1. The van der Waals surface area contributed by atoms with E-state index in [-0.39, 0.29) is 18.1 Å². The van der Waals surface area contributed by atoms with E-state index in [9.17, 15) is 9.90 Å². The zero-order valence-corrected chi connectivity index (χ0v) is 14.9. The number of rotatable bonds is 6. The van der Waals surface area contributed by atoms with Crippen molar-refractivity contribution in [2.24, 2.45) is 5.10 Å². The van der Waals surface area contributed by atoms with Crippen molar-refractivity contribution >= 4 is 23.7 Å². The number of carbonyl (C=O) groups is 1. The number of amides is 1. The molecule has 0 spiro atoms. The first-order chi connectivity index (χ1) is 11.9. The summed E-state index contributed by atoms with van der Waals surface area (Å²) >= 11 is 5.93. The number of methoxy groups -OCH3 is 1. The van der Waals surface area contributed by atoms with Gasteiger partial charge in [-0.15, -0.1) is 0 Å². The number of nitrogens with one attached hydrogen (secondary N) is 1. The molecule has 2 N–H and O–H groups in total. The maximum Gasteiger partial charge on any atom is 0.277 e. The molecule has 0 unspecified atom stereocenters. The molecular weight excluding hydrogens is 344 g/mol. The van der Waals surface area contributed by atoms with E-state index in [0.29, 0.717) is 16.3 Å². The van der Waals surface area contributed by atoms with Gasteiger partial charge in [-0.2, -0.15) is 5.10 Å². The number of phenolic OH excluding ortho intramolecular Hbond substituents is 1. The molecular formula is C18H19ClN2O4. The molecule has 2 aromatic rings. The van der Waals surface area contributed by atoms with Gasteiger partial charge in [-0.25, -0.2) is 5.43 Å². The van der Waals surface area contributed by atoms with Crippen molar-refractivity contribution in [1.29, 1.82) is 0 Å². The Labute approximate surface area is 151 Å². The summed E-state index contributed by atoms with van der Waals surface area (Å²) in [7, 11) is 1.42. The Morgan fingerprint density at radius 3 is 2.76 bits per heavy atom. The van der Waals surface area contributed by atoms with Gasteiger partial charge in [0.1, 0.15) is 5.75 Å². The van der Waals surface area contributed by atoms with Crippen LogP contribution in [0.3, 0.4) is 0 Å². The van der Waals surface area contributed by atoms with Crippen molar-refractivity contribution in [3.63, 3.8) is 0 Å². The first kappa shape index (κ1) is 18.6. The van der Waals surface area contributed by atoms with Crippen LogP contribution in [0.25, 0.3) is 0 Å². The Morgan fingerprint density at radius 1 is 1.28 bits per heavy atom. The molecule has 0 fully saturated rings. The molecule has 25 heavy (non-hydrogen) atoms. The lowest BCUT2D eigenvalue weighted by Gasteiger charge is -2.09. The Balaban J connectivity index is 1.95. The summed E-state index contributed by atoms with van der Waals surface area (Å²) in [5.41, 5.74) is 4.64. The molecule has 0 saturated heterocycles. The highest BCUT2D eigenvalue weighted by Gasteiger charge is 2.09. The fourth-order valence-corrected chi connectivity index (χ4v) is 2.28. The lowest BCUT2D eigenvalue weighted by Crippen LogP contribution is -2.24.